The Morgan fingerprint density at radius 3 is 2.36 bits per heavy atom. The molecule has 7 heteroatoms. The van der Waals surface area contributed by atoms with Crippen molar-refractivity contribution >= 4 is 29.0 Å². The van der Waals surface area contributed by atoms with E-state index in [1.54, 1.807) is 37.6 Å². The number of rotatable bonds is 9. The van der Waals surface area contributed by atoms with Gasteiger partial charge < -0.3 is 24.1 Å². The van der Waals surface area contributed by atoms with E-state index in [2.05, 4.69) is 16.8 Å². The summed E-state index contributed by atoms with van der Waals surface area (Å²) in [7, 11) is 3.01. The number of hydrogen-bond acceptors (Lipinski definition) is 5. The molecule has 0 aliphatic rings. The zero-order chi connectivity index (χ0) is 23.8. The summed E-state index contributed by atoms with van der Waals surface area (Å²) in [5, 5.41) is 3.82. The predicted octanol–water partition coefficient (Wildman–Crippen LogP) is 5.98. The lowest BCUT2D eigenvalue weighted by atomic mass is 9.98. The number of nitrogens with zero attached hydrogens (tertiary/aromatic N) is 1. The molecule has 2 aromatic carbocycles. The van der Waals surface area contributed by atoms with Gasteiger partial charge in [-0.25, -0.2) is 4.79 Å². The van der Waals surface area contributed by atoms with Crippen LogP contribution in [0.4, 0.5) is 5.69 Å². The first-order valence-electron chi connectivity index (χ1n) is 10.5. The maximum Gasteiger partial charge on any atom is 0.337 e. The van der Waals surface area contributed by atoms with Gasteiger partial charge in [0.2, 0.25) is 0 Å². The lowest BCUT2D eigenvalue weighted by Crippen LogP contribution is -2.37. The first-order valence-corrected chi connectivity index (χ1v) is 10.9. The Kier molecular flexibility index (Phi) is 8.27. The molecule has 1 aromatic heterocycles. The summed E-state index contributed by atoms with van der Waals surface area (Å²) < 4.78 is 15.7. The Morgan fingerprint density at radius 1 is 1.12 bits per heavy atom. The molecule has 0 spiro atoms. The van der Waals surface area contributed by atoms with Crippen LogP contribution in [0.15, 0.2) is 83.5 Å². The number of carbonyl (C=O) groups is 1. The monoisotopic (exact) mass is 464 g/mol. The van der Waals surface area contributed by atoms with Gasteiger partial charge in [-0.3, -0.25) is 0 Å². The van der Waals surface area contributed by atoms with Crippen LogP contribution in [-0.4, -0.2) is 30.2 Å². The van der Waals surface area contributed by atoms with Crippen molar-refractivity contribution in [3.8, 4) is 5.75 Å². The molecule has 0 saturated carbocycles. The first-order chi connectivity index (χ1) is 15.9. The third-order valence-electron chi connectivity index (χ3n) is 5.14. The zero-order valence-electron chi connectivity index (χ0n) is 19.0. The van der Waals surface area contributed by atoms with E-state index in [0.29, 0.717) is 23.6 Å². The van der Waals surface area contributed by atoms with Crippen LogP contribution < -0.4 is 10.1 Å². The molecule has 1 N–H and O–H groups in total. The minimum absolute atomic E-state index is 0.0761. The highest BCUT2D eigenvalue weighted by Crippen LogP contribution is 2.31. The largest absolute Gasteiger partial charge is 0.497 e. The fourth-order valence-electron chi connectivity index (χ4n) is 3.46. The van der Waals surface area contributed by atoms with Crippen molar-refractivity contribution in [2.24, 2.45) is 0 Å². The van der Waals surface area contributed by atoms with E-state index >= 15 is 0 Å². The molecule has 0 bridgehead atoms. The van der Waals surface area contributed by atoms with Crippen molar-refractivity contribution < 1.29 is 18.7 Å². The average molecular weight is 465 g/mol. The smallest absolute Gasteiger partial charge is 0.337 e. The molecule has 1 heterocycles. The summed E-state index contributed by atoms with van der Waals surface area (Å²) in [6, 6.07) is 18.6. The Bertz CT molecular complexity index is 1080. The lowest BCUT2D eigenvalue weighted by Gasteiger charge is -2.34. The molecule has 0 fully saturated rings. The molecule has 172 valence electrons. The van der Waals surface area contributed by atoms with Crippen LogP contribution in [-0.2, 0) is 11.3 Å². The topological polar surface area (TPSA) is 63.9 Å². The number of thiocarbonyl (C=S) groups is 1. The van der Waals surface area contributed by atoms with Gasteiger partial charge in [0.25, 0.3) is 0 Å². The van der Waals surface area contributed by atoms with Gasteiger partial charge in [-0.15, -0.1) is 6.58 Å². The minimum atomic E-state index is -0.385. The summed E-state index contributed by atoms with van der Waals surface area (Å²) in [5.74, 6) is 1.20. The van der Waals surface area contributed by atoms with E-state index in [4.69, 9.17) is 26.1 Å². The molecule has 0 radical (unpaired) electrons. The fourth-order valence-corrected chi connectivity index (χ4v) is 3.77. The van der Waals surface area contributed by atoms with Gasteiger partial charge in [0.05, 0.1) is 38.6 Å². The molecule has 3 rings (SSSR count). The van der Waals surface area contributed by atoms with Crippen LogP contribution in [0.1, 0.15) is 41.1 Å². The molecule has 0 aliphatic carbocycles. The number of carbonyl (C=O) groups excluding carboxylic acids is 1. The average Bonchev–Trinajstić information content (AvgIpc) is 3.34. The Balaban J connectivity index is 1.91. The maximum atomic E-state index is 11.7. The number of esters is 1. The molecular formula is C26H28N2O4S. The normalized spacial score (nSPS) is 11.4. The summed E-state index contributed by atoms with van der Waals surface area (Å²) >= 11 is 5.84. The third kappa shape index (κ3) is 6.46. The van der Waals surface area contributed by atoms with Crippen LogP contribution in [0, 0.1) is 0 Å². The lowest BCUT2D eigenvalue weighted by molar-refractivity contribution is 0.0601. The molecule has 0 saturated heterocycles. The molecule has 1 atom stereocenters. The molecule has 3 aromatic rings. The van der Waals surface area contributed by atoms with E-state index in [1.807, 2.05) is 43.3 Å². The second-order valence-corrected chi connectivity index (χ2v) is 8.04. The number of nitrogens with one attached hydrogen (secondary N) is 1. The van der Waals surface area contributed by atoms with Gasteiger partial charge in [0.1, 0.15) is 11.5 Å². The number of methoxy groups -OCH3 is 2. The highest BCUT2D eigenvalue weighted by atomic mass is 32.1. The Labute approximate surface area is 199 Å². The standard InChI is InChI=1S/C26H28N2O4S/c1-18(2)16-24(19-9-13-22(30-3)14-10-19)28(17-23-6-5-15-32-23)26(33)27-21-11-7-20(8-12-21)25(29)31-4/h5-15,24H,1,16-17H2,2-4H3,(H,27,33)/t24-/m0/s1. The number of anilines is 1. The Morgan fingerprint density at radius 2 is 1.82 bits per heavy atom. The third-order valence-corrected chi connectivity index (χ3v) is 5.48. The van der Waals surface area contributed by atoms with Crippen LogP contribution in [0.25, 0.3) is 0 Å². The molecule has 33 heavy (non-hydrogen) atoms. The fraction of sp³-hybridized carbons (Fsp3) is 0.231. The molecule has 0 unspecified atom stereocenters. The molecule has 0 amide bonds. The second-order valence-electron chi connectivity index (χ2n) is 7.66. The van der Waals surface area contributed by atoms with E-state index in [-0.39, 0.29) is 12.0 Å². The number of hydrogen-bond donors (Lipinski definition) is 1. The van der Waals surface area contributed by atoms with E-state index < -0.39 is 0 Å². The summed E-state index contributed by atoms with van der Waals surface area (Å²) in [6.45, 7) is 6.61. The van der Waals surface area contributed by atoms with Crippen molar-refractivity contribution in [2.45, 2.75) is 25.9 Å². The predicted molar refractivity (Wildman–Crippen MR) is 133 cm³/mol. The summed E-state index contributed by atoms with van der Waals surface area (Å²) in [6.07, 6.45) is 2.35. The Hall–Kier alpha value is -3.58. The van der Waals surface area contributed by atoms with Crippen molar-refractivity contribution in [2.75, 3.05) is 19.5 Å². The van der Waals surface area contributed by atoms with Crippen LogP contribution in [0.5, 0.6) is 5.75 Å². The molecule has 6 nitrogen and oxygen atoms in total. The highest BCUT2D eigenvalue weighted by molar-refractivity contribution is 7.80. The van der Waals surface area contributed by atoms with Crippen molar-refractivity contribution in [3.63, 3.8) is 0 Å². The van der Waals surface area contributed by atoms with E-state index in [9.17, 15) is 4.79 Å². The maximum absolute atomic E-state index is 11.7. The van der Waals surface area contributed by atoms with E-state index in [1.165, 1.54) is 7.11 Å². The van der Waals surface area contributed by atoms with Crippen molar-refractivity contribution in [1.82, 2.24) is 4.90 Å². The zero-order valence-corrected chi connectivity index (χ0v) is 19.9. The number of ether oxygens (including phenoxy) is 2. The van der Waals surface area contributed by atoms with E-state index in [0.717, 1.165) is 28.3 Å². The van der Waals surface area contributed by atoms with Gasteiger partial charge >= 0.3 is 5.97 Å². The highest BCUT2D eigenvalue weighted by Gasteiger charge is 2.25. The number of benzene rings is 2. The van der Waals surface area contributed by atoms with Crippen LogP contribution in [0.2, 0.25) is 0 Å². The van der Waals surface area contributed by atoms with Gasteiger partial charge in [-0.05, 0) is 79.7 Å². The second kappa shape index (κ2) is 11.3. The number of furan rings is 1. The van der Waals surface area contributed by atoms with Crippen molar-refractivity contribution in [1.29, 1.82) is 0 Å². The van der Waals surface area contributed by atoms with Gasteiger partial charge in [-0.1, -0.05) is 17.7 Å². The SMILES string of the molecule is C=C(C)C[C@@H](c1ccc(OC)cc1)N(Cc1ccco1)C(=S)Nc1ccc(C(=O)OC)cc1. The molecule has 0 aliphatic heterocycles. The van der Waals surface area contributed by atoms with Crippen LogP contribution >= 0.6 is 12.2 Å². The van der Waals surface area contributed by atoms with Crippen molar-refractivity contribution in [3.05, 3.63) is 96.0 Å². The first kappa shape index (κ1) is 24.1. The van der Waals surface area contributed by atoms with Gasteiger partial charge in [0, 0.05) is 5.69 Å². The van der Waals surface area contributed by atoms with Crippen LogP contribution in [0.3, 0.4) is 0 Å². The summed E-state index contributed by atoms with van der Waals surface area (Å²) in [5.41, 5.74) is 3.35. The minimum Gasteiger partial charge on any atom is -0.497 e. The molecular weight excluding hydrogens is 436 g/mol. The summed E-state index contributed by atoms with van der Waals surface area (Å²) in [4.78, 5) is 13.8. The van der Waals surface area contributed by atoms with Gasteiger partial charge in [0.15, 0.2) is 5.11 Å². The van der Waals surface area contributed by atoms with Gasteiger partial charge in [-0.2, -0.15) is 0 Å². The quantitative estimate of drug-likeness (QED) is 0.237.